The van der Waals surface area contributed by atoms with Crippen LogP contribution in [-0.2, 0) is 0 Å². The van der Waals surface area contributed by atoms with Gasteiger partial charge < -0.3 is 5.32 Å². The Labute approximate surface area is 142 Å². The van der Waals surface area contributed by atoms with Gasteiger partial charge in [-0.2, -0.15) is 0 Å². The molecule has 1 heterocycles. The third kappa shape index (κ3) is 3.24. The first-order valence-corrected chi connectivity index (χ1v) is 8.47. The summed E-state index contributed by atoms with van der Waals surface area (Å²) in [6.45, 7) is 0. The summed E-state index contributed by atoms with van der Waals surface area (Å²) < 4.78 is 13.8. The molecule has 2 nitrogen and oxygen atoms in total. The van der Waals surface area contributed by atoms with Crippen LogP contribution in [0, 0.1) is 5.82 Å². The third-order valence-electron chi connectivity index (χ3n) is 3.49. The Morgan fingerprint density at radius 1 is 1.18 bits per heavy atom. The van der Waals surface area contributed by atoms with E-state index < -0.39 is 11.7 Å². The van der Waals surface area contributed by atoms with Crippen LogP contribution in [0.5, 0.6) is 0 Å². The molecule has 0 aromatic heterocycles. The van der Waals surface area contributed by atoms with E-state index in [2.05, 4.69) is 5.32 Å². The molecule has 0 fully saturated rings. The molecule has 3 rings (SSSR count). The summed E-state index contributed by atoms with van der Waals surface area (Å²) >= 11 is 13.6. The predicted octanol–water partition coefficient (Wildman–Crippen LogP) is 5.10. The SMILES string of the molecule is O=C(NC1CCSc2ccc(Cl)cc21)c1cc(Cl)ccc1F. The molecular formula is C16H12Cl2FNOS. The molecule has 1 N–H and O–H groups in total. The van der Waals surface area contributed by atoms with Gasteiger partial charge >= 0.3 is 0 Å². The zero-order valence-electron chi connectivity index (χ0n) is 11.4. The van der Waals surface area contributed by atoms with Gasteiger partial charge in [0.2, 0.25) is 0 Å². The summed E-state index contributed by atoms with van der Waals surface area (Å²) in [5.74, 6) is -0.168. The molecule has 6 heteroatoms. The number of amides is 1. The van der Waals surface area contributed by atoms with Gasteiger partial charge in [-0.3, -0.25) is 4.79 Å². The standard InChI is InChI=1S/C16H12Cl2FNOS/c17-9-1-3-13(19)11(7-9)16(21)20-14-5-6-22-15-4-2-10(18)8-12(14)15/h1-4,7-8,14H,5-6H2,(H,20,21). The van der Waals surface area contributed by atoms with Crippen LogP contribution in [0.3, 0.4) is 0 Å². The van der Waals surface area contributed by atoms with E-state index in [1.54, 1.807) is 11.8 Å². The Bertz CT molecular complexity index is 738. The van der Waals surface area contributed by atoms with Gasteiger partial charge in [0.25, 0.3) is 5.91 Å². The van der Waals surface area contributed by atoms with Crippen LogP contribution < -0.4 is 5.32 Å². The zero-order chi connectivity index (χ0) is 15.7. The first-order valence-electron chi connectivity index (χ1n) is 6.73. The molecule has 0 saturated carbocycles. The Balaban J connectivity index is 1.87. The van der Waals surface area contributed by atoms with Crippen molar-refractivity contribution in [2.75, 3.05) is 5.75 Å². The first kappa shape index (κ1) is 15.7. The van der Waals surface area contributed by atoms with Crippen LogP contribution in [0.25, 0.3) is 0 Å². The summed E-state index contributed by atoms with van der Waals surface area (Å²) in [6.07, 6.45) is 0.770. The molecule has 1 atom stereocenters. The van der Waals surface area contributed by atoms with Crippen molar-refractivity contribution in [3.8, 4) is 0 Å². The molecule has 114 valence electrons. The lowest BCUT2D eigenvalue weighted by atomic mass is 10.0. The van der Waals surface area contributed by atoms with E-state index in [0.29, 0.717) is 10.0 Å². The number of carbonyl (C=O) groups is 1. The number of nitrogens with one attached hydrogen (secondary N) is 1. The fraction of sp³-hybridized carbons (Fsp3) is 0.188. The maximum atomic E-state index is 13.8. The van der Waals surface area contributed by atoms with Gasteiger partial charge in [0.1, 0.15) is 5.82 Å². The zero-order valence-corrected chi connectivity index (χ0v) is 13.7. The second-order valence-corrected chi connectivity index (χ2v) is 6.98. The second-order valence-electron chi connectivity index (χ2n) is 4.97. The highest BCUT2D eigenvalue weighted by Crippen LogP contribution is 2.37. The smallest absolute Gasteiger partial charge is 0.254 e. The number of hydrogen-bond donors (Lipinski definition) is 1. The highest BCUT2D eigenvalue weighted by molar-refractivity contribution is 7.99. The molecule has 1 amide bonds. The molecule has 0 bridgehead atoms. The highest BCUT2D eigenvalue weighted by atomic mass is 35.5. The van der Waals surface area contributed by atoms with Crippen molar-refractivity contribution in [3.05, 3.63) is 63.4 Å². The fourth-order valence-electron chi connectivity index (χ4n) is 2.42. The van der Waals surface area contributed by atoms with E-state index in [1.807, 2.05) is 18.2 Å². The van der Waals surface area contributed by atoms with Crippen LogP contribution >= 0.6 is 35.0 Å². The monoisotopic (exact) mass is 355 g/mol. The van der Waals surface area contributed by atoms with E-state index in [9.17, 15) is 9.18 Å². The summed E-state index contributed by atoms with van der Waals surface area (Å²) in [5, 5.41) is 3.82. The van der Waals surface area contributed by atoms with Crippen molar-refractivity contribution < 1.29 is 9.18 Å². The first-order chi connectivity index (χ1) is 10.5. The van der Waals surface area contributed by atoms with E-state index in [-0.39, 0.29) is 11.6 Å². The minimum absolute atomic E-state index is 0.0469. The predicted molar refractivity (Wildman–Crippen MR) is 88.4 cm³/mol. The van der Waals surface area contributed by atoms with Crippen LogP contribution in [0.4, 0.5) is 4.39 Å². The third-order valence-corrected chi connectivity index (χ3v) is 5.08. The second kappa shape index (κ2) is 6.49. The van der Waals surface area contributed by atoms with Crippen molar-refractivity contribution in [3.63, 3.8) is 0 Å². The van der Waals surface area contributed by atoms with Crippen molar-refractivity contribution >= 4 is 40.9 Å². The summed E-state index contributed by atoms with van der Waals surface area (Å²) in [5.41, 5.74) is 0.925. The van der Waals surface area contributed by atoms with Crippen LogP contribution in [0.1, 0.15) is 28.4 Å². The largest absolute Gasteiger partial charge is 0.345 e. The average Bonchev–Trinajstić information content (AvgIpc) is 2.50. The van der Waals surface area contributed by atoms with Crippen molar-refractivity contribution in [1.29, 1.82) is 0 Å². The van der Waals surface area contributed by atoms with Gasteiger partial charge in [0, 0.05) is 20.7 Å². The van der Waals surface area contributed by atoms with Gasteiger partial charge in [-0.05, 0) is 48.4 Å². The molecule has 22 heavy (non-hydrogen) atoms. The molecule has 0 aliphatic carbocycles. The molecule has 0 saturated heterocycles. The van der Waals surface area contributed by atoms with E-state index in [0.717, 1.165) is 22.6 Å². The summed E-state index contributed by atoms with van der Waals surface area (Å²) in [4.78, 5) is 13.4. The van der Waals surface area contributed by atoms with Gasteiger partial charge in [0.15, 0.2) is 0 Å². The lowest BCUT2D eigenvalue weighted by Gasteiger charge is -2.26. The van der Waals surface area contributed by atoms with E-state index in [4.69, 9.17) is 23.2 Å². The molecule has 1 aliphatic rings. The topological polar surface area (TPSA) is 29.1 Å². The normalized spacial score (nSPS) is 17.0. The van der Waals surface area contributed by atoms with E-state index in [1.165, 1.54) is 18.2 Å². The van der Waals surface area contributed by atoms with Gasteiger partial charge in [-0.25, -0.2) is 4.39 Å². The van der Waals surface area contributed by atoms with Crippen LogP contribution in [0.15, 0.2) is 41.3 Å². The minimum Gasteiger partial charge on any atom is -0.345 e. The highest BCUT2D eigenvalue weighted by Gasteiger charge is 2.24. The maximum Gasteiger partial charge on any atom is 0.254 e. The van der Waals surface area contributed by atoms with Crippen LogP contribution in [-0.4, -0.2) is 11.7 Å². The lowest BCUT2D eigenvalue weighted by Crippen LogP contribution is -2.31. The molecule has 1 aliphatic heterocycles. The number of thioether (sulfide) groups is 1. The Morgan fingerprint density at radius 3 is 2.73 bits per heavy atom. The van der Waals surface area contributed by atoms with Gasteiger partial charge in [0.05, 0.1) is 11.6 Å². The Kier molecular flexibility index (Phi) is 4.62. The summed E-state index contributed by atoms with van der Waals surface area (Å²) in [6, 6.07) is 9.39. The van der Waals surface area contributed by atoms with Gasteiger partial charge in [-0.1, -0.05) is 23.2 Å². The molecule has 2 aromatic carbocycles. The maximum absolute atomic E-state index is 13.8. The number of benzene rings is 2. The lowest BCUT2D eigenvalue weighted by molar-refractivity contribution is 0.0931. The number of carbonyl (C=O) groups excluding carboxylic acids is 1. The molecule has 0 radical (unpaired) electrons. The van der Waals surface area contributed by atoms with Crippen LogP contribution in [0.2, 0.25) is 10.0 Å². The van der Waals surface area contributed by atoms with Crippen molar-refractivity contribution in [1.82, 2.24) is 5.32 Å². The molecule has 1 unspecified atom stereocenters. The van der Waals surface area contributed by atoms with Crippen molar-refractivity contribution in [2.24, 2.45) is 0 Å². The average molecular weight is 356 g/mol. The summed E-state index contributed by atoms with van der Waals surface area (Å²) in [7, 11) is 0. The minimum atomic E-state index is -0.585. The number of rotatable bonds is 2. The fourth-order valence-corrected chi connectivity index (χ4v) is 3.88. The van der Waals surface area contributed by atoms with E-state index >= 15 is 0 Å². The molecular weight excluding hydrogens is 344 g/mol. The number of halogens is 3. The Hall–Kier alpha value is -1.23. The number of fused-ring (bicyclic) bond motifs is 1. The molecule has 0 spiro atoms. The van der Waals surface area contributed by atoms with Gasteiger partial charge in [-0.15, -0.1) is 11.8 Å². The Morgan fingerprint density at radius 2 is 1.91 bits per heavy atom. The molecule has 2 aromatic rings. The quantitative estimate of drug-likeness (QED) is 0.811. The number of hydrogen-bond acceptors (Lipinski definition) is 2. The van der Waals surface area contributed by atoms with Crippen molar-refractivity contribution in [2.45, 2.75) is 17.4 Å².